The second-order valence-corrected chi connectivity index (χ2v) is 0.695. The summed E-state index contributed by atoms with van der Waals surface area (Å²) in [6.45, 7) is 0. The van der Waals surface area contributed by atoms with Crippen molar-refractivity contribution in [2.75, 3.05) is 14.2 Å². The zero-order valence-corrected chi connectivity index (χ0v) is 4.75. The monoisotopic (exact) mass is 110 g/mol. The molecule has 0 aromatic heterocycles. The van der Waals surface area contributed by atoms with Crippen LogP contribution in [0.4, 0.5) is 0 Å². The van der Waals surface area contributed by atoms with Gasteiger partial charge in [0.1, 0.15) is 0 Å². The number of halogens is 1. The molecule has 0 spiro atoms. The van der Waals surface area contributed by atoms with Gasteiger partial charge < -0.3 is 9.31 Å². The molecule has 0 saturated heterocycles. The zero-order chi connectivity index (χ0) is 4.12. The Hall–Kier alpha value is 0.275. The number of rotatable bonds is 2. The smallest absolute Gasteiger partial charge is 0.417 e. The highest BCUT2D eigenvalue weighted by molar-refractivity contribution is 6.17. The van der Waals surface area contributed by atoms with E-state index in [0.29, 0.717) is 7.69 Å². The van der Waals surface area contributed by atoms with Gasteiger partial charge in [-0.05, 0) is 0 Å². The molecular formula is C2H8BClO2. The first-order valence-electron chi connectivity index (χ1n) is 1.39. The van der Waals surface area contributed by atoms with Crippen molar-refractivity contribution in [3.8, 4) is 0 Å². The molecule has 2 nitrogen and oxygen atoms in total. The molecule has 0 fully saturated rings. The average molecular weight is 110 g/mol. The van der Waals surface area contributed by atoms with Gasteiger partial charge in [-0.15, -0.1) is 12.4 Å². The highest BCUT2D eigenvalue weighted by atomic mass is 35.5. The van der Waals surface area contributed by atoms with Gasteiger partial charge in [-0.1, -0.05) is 0 Å². The molecule has 0 aliphatic carbocycles. The van der Waals surface area contributed by atoms with Crippen LogP contribution in [0, 0.1) is 0 Å². The average Bonchev–Trinajstić information content (AvgIpc) is 1.41. The van der Waals surface area contributed by atoms with E-state index in [1.54, 1.807) is 14.2 Å². The summed E-state index contributed by atoms with van der Waals surface area (Å²) >= 11 is 0. The summed E-state index contributed by atoms with van der Waals surface area (Å²) in [7, 11) is 3.56. The molecule has 0 atom stereocenters. The van der Waals surface area contributed by atoms with E-state index in [-0.39, 0.29) is 12.4 Å². The molecule has 0 aliphatic heterocycles. The van der Waals surface area contributed by atoms with E-state index < -0.39 is 0 Å². The van der Waals surface area contributed by atoms with Crippen LogP contribution >= 0.6 is 12.4 Å². The summed E-state index contributed by atoms with van der Waals surface area (Å²) in [6, 6.07) is 0. The van der Waals surface area contributed by atoms with Crippen molar-refractivity contribution in [3.05, 3.63) is 0 Å². The second-order valence-electron chi connectivity index (χ2n) is 0.695. The van der Waals surface area contributed by atoms with Crippen LogP contribution in [0.15, 0.2) is 0 Å². The van der Waals surface area contributed by atoms with Crippen LogP contribution in [0.1, 0.15) is 0 Å². The zero-order valence-electron chi connectivity index (χ0n) is 3.93. The van der Waals surface area contributed by atoms with Crippen molar-refractivity contribution in [3.63, 3.8) is 0 Å². The molecule has 0 amide bonds. The third kappa shape index (κ3) is 8.86. The molecule has 0 N–H and O–H groups in total. The SMILES string of the molecule is COBOC.Cl. The quantitative estimate of drug-likeness (QED) is 0.465. The minimum absolute atomic E-state index is 0. The Morgan fingerprint density at radius 3 is 1.50 bits per heavy atom. The maximum Gasteiger partial charge on any atom is 0.437 e. The molecule has 38 valence electrons. The Balaban J connectivity index is 0. The van der Waals surface area contributed by atoms with Crippen molar-refractivity contribution in [1.29, 1.82) is 0 Å². The molecule has 4 heteroatoms. The Morgan fingerprint density at radius 2 is 1.50 bits per heavy atom. The predicted molar refractivity (Wildman–Crippen MR) is 28.4 cm³/mol. The normalized spacial score (nSPS) is 6.33. The first-order chi connectivity index (χ1) is 2.41. The molecule has 0 aromatic carbocycles. The maximum atomic E-state index is 4.47. The maximum absolute atomic E-state index is 4.47. The second kappa shape index (κ2) is 8.99. The van der Waals surface area contributed by atoms with Crippen LogP contribution < -0.4 is 0 Å². The molecule has 6 heavy (non-hydrogen) atoms. The summed E-state index contributed by atoms with van der Waals surface area (Å²) in [5.41, 5.74) is 0. The van der Waals surface area contributed by atoms with E-state index in [1.807, 2.05) is 0 Å². The summed E-state index contributed by atoms with van der Waals surface area (Å²) in [6.07, 6.45) is 0. The highest BCUT2D eigenvalue weighted by Gasteiger charge is 1.73. The van der Waals surface area contributed by atoms with Gasteiger partial charge in [0, 0.05) is 14.2 Å². The first kappa shape index (κ1) is 9.55. The van der Waals surface area contributed by atoms with Crippen molar-refractivity contribution < 1.29 is 9.31 Å². The topological polar surface area (TPSA) is 18.5 Å². The largest absolute Gasteiger partial charge is 0.437 e. The lowest BCUT2D eigenvalue weighted by molar-refractivity contribution is 0.309. The Morgan fingerprint density at radius 1 is 1.17 bits per heavy atom. The fourth-order valence-corrected chi connectivity index (χ4v) is 0.118. The van der Waals surface area contributed by atoms with Crippen LogP contribution in [0.2, 0.25) is 0 Å². The lowest BCUT2D eigenvalue weighted by Gasteiger charge is -1.84. The molecular weight excluding hydrogens is 102 g/mol. The number of hydrogen-bond donors (Lipinski definition) is 0. The minimum Gasteiger partial charge on any atom is -0.417 e. The molecule has 0 saturated carbocycles. The summed E-state index contributed by atoms with van der Waals surface area (Å²) < 4.78 is 8.94. The first-order valence-corrected chi connectivity index (χ1v) is 1.39. The van der Waals surface area contributed by atoms with Crippen LogP contribution in [-0.4, -0.2) is 21.9 Å². The minimum atomic E-state index is 0. The molecule has 0 radical (unpaired) electrons. The van der Waals surface area contributed by atoms with Gasteiger partial charge in [-0.2, -0.15) is 0 Å². The standard InChI is InChI=1S/C2H7BO2.ClH/c1-4-3-5-2;/h3H,1-2H3;1H. The molecule has 0 unspecified atom stereocenters. The third-order valence-corrected chi connectivity index (χ3v) is 0.236. The third-order valence-electron chi connectivity index (χ3n) is 0.236. The summed E-state index contributed by atoms with van der Waals surface area (Å²) in [4.78, 5) is 0. The van der Waals surface area contributed by atoms with Crippen molar-refractivity contribution in [1.82, 2.24) is 0 Å². The van der Waals surface area contributed by atoms with Crippen molar-refractivity contribution >= 4 is 20.1 Å². The van der Waals surface area contributed by atoms with Crippen molar-refractivity contribution in [2.45, 2.75) is 0 Å². The summed E-state index contributed by atoms with van der Waals surface area (Å²) in [5.74, 6) is 0. The van der Waals surface area contributed by atoms with E-state index in [2.05, 4.69) is 9.31 Å². The fraction of sp³-hybridized carbons (Fsp3) is 1.00. The van der Waals surface area contributed by atoms with Crippen LogP contribution in [0.3, 0.4) is 0 Å². The Labute approximate surface area is 44.5 Å². The lowest BCUT2D eigenvalue weighted by Crippen LogP contribution is -1.93. The van der Waals surface area contributed by atoms with Gasteiger partial charge in [0.15, 0.2) is 0 Å². The number of hydrogen-bond acceptors (Lipinski definition) is 2. The van der Waals surface area contributed by atoms with Gasteiger partial charge in [0.25, 0.3) is 0 Å². The fourth-order valence-electron chi connectivity index (χ4n) is 0.118. The van der Waals surface area contributed by atoms with E-state index in [0.717, 1.165) is 0 Å². The molecule has 0 aliphatic rings. The van der Waals surface area contributed by atoms with Crippen LogP contribution in [-0.2, 0) is 9.31 Å². The predicted octanol–water partition coefficient (Wildman–Crippen LogP) is -0.0325. The molecule has 0 heterocycles. The Kier molecular flexibility index (Phi) is 14.3. The highest BCUT2D eigenvalue weighted by Crippen LogP contribution is 1.55. The van der Waals surface area contributed by atoms with E-state index >= 15 is 0 Å². The van der Waals surface area contributed by atoms with E-state index in [1.165, 1.54) is 0 Å². The van der Waals surface area contributed by atoms with Gasteiger partial charge in [0.2, 0.25) is 0 Å². The van der Waals surface area contributed by atoms with Gasteiger partial charge >= 0.3 is 7.69 Å². The van der Waals surface area contributed by atoms with Crippen LogP contribution in [0.5, 0.6) is 0 Å². The molecule has 0 bridgehead atoms. The summed E-state index contributed by atoms with van der Waals surface area (Å²) in [5, 5.41) is 0. The lowest BCUT2D eigenvalue weighted by atomic mass is 10.4. The van der Waals surface area contributed by atoms with Gasteiger partial charge in [-0.3, -0.25) is 0 Å². The Bertz CT molecular complexity index is 19.0. The van der Waals surface area contributed by atoms with E-state index in [4.69, 9.17) is 0 Å². The van der Waals surface area contributed by atoms with Crippen LogP contribution in [0.25, 0.3) is 0 Å². The molecule has 0 rings (SSSR count). The van der Waals surface area contributed by atoms with E-state index in [9.17, 15) is 0 Å². The molecule has 0 aromatic rings. The van der Waals surface area contributed by atoms with Gasteiger partial charge in [-0.25, -0.2) is 0 Å². The van der Waals surface area contributed by atoms with Gasteiger partial charge in [0.05, 0.1) is 0 Å². The van der Waals surface area contributed by atoms with Crippen molar-refractivity contribution in [2.24, 2.45) is 0 Å².